The number of H-pyrrole nitrogens is 1. The maximum absolute atomic E-state index is 9.56. The number of aliphatic hydroxyl groups is 1. The fourth-order valence-electron chi connectivity index (χ4n) is 3.01. The Morgan fingerprint density at radius 1 is 1.37 bits per heavy atom. The Morgan fingerprint density at radius 3 is 3.00 bits per heavy atom. The summed E-state index contributed by atoms with van der Waals surface area (Å²) in [6.45, 7) is 0.145. The van der Waals surface area contributed by atoms with Crippen molar-refractivity contribution < 1.29 is 5.11 Å². The van der Waals surface area contributed by atoms with E-state index in [0.717, 1.165) is 29.2 Å². The van der Waals surface area contributed by atoms with Gasteiger partial charge < -0.3 is 15.4 Å². The van der Waals surface area contributed by atoms with Crippen LogP contribution in [-0.4, -0.2) is 32.7 Å². The largest absolute Gasteiger partial charge is 0.394 e. The topological polar surface area (TPSA) is 73.8 Å². The molecule has 0 amide bonds. The molecule has 2 heterocycles. The van der Waals surface area contributed by atoms with Gasteiger partial charge in [0.1, 0.15) is 17.8 Å². The van der Waals surface area contributed by atoms with Gasteiger partial charge in [0.25, 0.3) is 0 Å². The third-order valence-corrected chi connectivity index (χ3v) is 4.01. The van der Waals surface area contributed by atoms with Crippen molar-refractivity contribution in [2.24, 2.45) is 5.92 Å². The first kappa shape index (κ1) is 12.4. The Bertz CT molecular complexity index is 533. The second-order valence-corrected chi connectivity index (χ2v) is 5.37. The van der Waals surface area contributed by atoms with Crippen LogP contribution in [0.15, 0.2) is 18.6 Å². The first-order chi connectivity index (χ1) is 9.36. The molecule has 2 aromatic rings. The van der Waals surface area contributed by atoms with Crippen LogP contribution in [0.4, 0.5) is 5.82 Å². The first-order valence-electron chi connectivity index (χ1n) is 7.02. The van der Waals surface area contributed by atoms with Gasteiger partial charge in [-0.3, -0.25) is 0 Å². The molecule has 3 N–H and O–H groups in total. The molecule has 0 saturated heterocycles. The van der Waals surface area contributed by atoms with Crippen molar-refractivity contribution in [3.8, 4) is 0 Å². The Hall–Kier alpha value is -1.62. The third-order valence-electron chi connectivity index (χ3n) is 4.01. The van der Waals surface area contributed by atoms with Crippen molar-refractivity contribution >= 4 is 16.9 Å². The lowest BCUT2D eigenvalue weighted by Gasteiger charge is -2.20. The number of aliphatic hydroxyl groups excluding tert-OH is 1. The van der Waals surface area contributed by atoms with Crippen LogP contribution in [0.3, 0.4) is 0 Å². The average Bonchev–Trinajstić information content (AvgIpc) is 3.08. The van der Waals surface area contributed by atoms with E-state index >= 15 is 0 Å². The van der Waals surface area contributed by atoms with Crippen LogP contribution < -0.4 is 5.32 Å². The van der Waals surface area contributed by atoms with E-state index in [1.54, 1.807) is 6.33 Å². The molecule has 1 saturated carbocycles. The molecule has 5 heteroatoms. The monoisotopic (exact) mass is 260 g/mol. The molecule has 1 aliphatic rings. The van der Waals surface area contributed by atoms with E-state index in [-0.39, 0.29) is 12.6 Å². The Balaban J connectivity index is 1.72. The minimum absolute atomic E-state index is 0.0797. The minimum atomic E-state index is 0.0797. The summed E-state index contributed by atoms with van der Waals surface area (Å²) in [4.78, 5) is 11.5. The van der Waals surface area contributed by atoms with Gasteiger partial charge in [-0.2, -0.15) is 0 Å². The standard InChI is InChI=1S/C14H20N4O/c19-8-11(7-10-3-1-2-4-10)18-14-12-5-6-15-13(12)16-9-17-14/h5-6,9-11,19H,1-4,7-8H2,(H2,15,16,17,18)/t11-/m0/s1. The number of nitrogens with one attached hydrogen (secondary N) is 2. The van der Waals surface area contributed by atoms with Crippen molar-refractivity contribution in [2.75, 3.05) is 11.9 Å². The van der Waals surface area contributed by atoms with Gasteiger partial charge in [-0.1, -0.05) is 25.7 Å². The average molecular weight is 260 g/mol. The lowest BCUT2D eigenvalue weighted by molar-refractivity contribution is 0.254. The van der Waals surface area contributed by atoms with Gasteiger partial charge in [0.05, 0.1) is 18.0 Å². The Morgan fingerprint density at radius 2 is 2.21 bits per heavy atom. The van der Waals surface area contributed by atoms with E-state index in [0.29, 0.717) is 0 Å². The fourth-order valence-corrected chi connectivity index (χ4v) is 3.01. The van der Waals surface area contributed by atoms with Crippen molar-refractivity contribution in [3.63, 3.8) is 0 Å². The van der Waals surface area contributed by atoms with Crippen LogP contribution in [-0.2, 0) is 0 Å². The summed E-state index contributed by atoms with van der Waals surface area (Å²) in [5.74, 6) is 1.55. The van der Waals surface area contributed by atoms with Gasteiger partial charge in [-0.05, 0) is 18.4 Å². The predicted octanol–water partition coefficient (Wildman–Crippen LogP) is 2.31. The molecular weight excluding hydrogens is 240 g/mol. The van der Waals surface area contributed by atoms with Crippen LogP contribution in [0.25, 0.3) is 11.0 Å². The van der Waals surface area contributed by atoms with E-state index in [4.69, 9.17) is 0 Å². The van der Waals surface area contributed by atoms with E-state index in [1.807, 2.05) is 12.3 Å². The van der Waals surface area contributed by atoms with Gasteiger partial charge in [0.15, 0.2) is 0 Å². The third kappa shape index (κ3) is 2.71. The molecule has 2 aromatic heterocycles. The van der Waals surface area contributed by atoms with Gasteiger partial charge in [-0.15, -0.1) is 0 Å². The lowest BCUT2D eigenvalue weighted by atomic mass is 9.99. The Labute approximate surface area is 112 Å². The number of rotatable bonds is 5. The van der Waals surface area contributed by atoms with E-state index in [2.05, 4.69) is 20.3 Å². The molecule has 0 bridgehead atoms. The van der Waals surface area contributed by atoms with Crippen LogP contribution in [0.2, 0.25) is 0 Å². The van der Waals surface area contributed by atoms with Crippen LogP contribution >= 0.6 is 0 Å². The normalized spacial score (nSPS) is 17.9. The van der Waals surface area contributed by atoms with Gasteiger partial charge >= 0.3 is 0 Å². The number of hydrogen-bond donors (Lipinski definition) is 3. The van der Waals surface area contributed by atoms with Gasteiger partial charge in [-0.25, -0.2) is 9.97 Å². The first-order valence-corrected chi connectivity index (χ1v) is 7.02. The zero-order chi connectivity index (χ0) is 13.1. The van der Waals surface area contributed by atoms with Crippen molar-refractivity contribution in [1.29, 1.82) is 0 Å². The number of aromatic nitrogens is 3. The number of aromatic amines is 1. The molecule has 0 spiro atoms. The SMILES string of the molecule is OC[C@H](CC1CCCC1)Nc1ncnc2[nH]ccc12. The zero-order valence-electron chi connectivity index (χ0n) is 11.0. The molecule has 0 unspecified atom stereocenters. The summed E-state index contributed by atoms with van der Waals surface area (Å²) in [5.41, 5.74) is 0.829. The predicted molar refractivity (Wildman–Crippen MR) is 75.0 cm³/mol. The highest BCUT2D eigenvalue weighted by Gasteiger charge is 2.20. The summed E-state index contributed by atoms with van der Waals surface area (Å²) < 4.78 is 0. The zero-order valence-corrected chi connectivity index (χ0v) is 11.0. The molecule has 1 atom stereocenters. The fraction of sp³-hybridized carbons (Fsp3) is 0.571. The molecule has 3 rings (SSSR count). The summed E-state index contributed by atoms with van der Waals surface area (Å²) in [6, 6.07) is 2.04. The molecule has 19 heavy (non-hydrogen) atoms. The van der Waals surface area contributed by atoms with Crippen molar-refractivity contribution in [3.05, 3.63) is 18.6 Å². The van der Waals surface area contributed by atoms with E-state index < -0.39 is 0 Å². The molecule has 0 aliphatic heterocycles. The summed E-state index contributed by atoms with van der Waals surface area (Å²) >= 11 is 0. The summed E-state index contributed by atoms with van der Waals surface area (Å²) in [6.07, 6.45) is 9.67. The van der Waals surface area contributed by atoms with Crippen LogP contribution in [0, 0.1) is 5.92 Å². The minimum Gasteiger partial charge on any atom is -0.394 e. The van der Waals surface area contributed by atoms with Crippen LogP contribution in [0.5, 0.6) is 0 Å². The number of fused-ring (bicyclic) bond motifs is 1. The second-order valence-electron chi connectivity index (χ2n) is 5.37. The highest BCUT2D eigenvalue weighted by Crippen LogP contribution is 2.29. The maximum Gasteiger partial charge on any atom is 0.142 e. The maximum atomic E-state index is 9.56. The molecule has 0 radical (unpaired) electrons. The second kappa shape index (κ2) is 5.57. The molecule has 0 aromatic carbocycles. The van der Waals surface area contributed by atoms with Crippen molar-refractivity contribution in [1.82, 2.24) is 15.0 Å². The molecule has 5 nitrogen and oxygen atoms in total. The molecular formula is C14H20N4O. The molecule has 1 aliphatic carbocycles. The molecule has 1 fully saturated rings. The highest BCUT2D eigenvalue weighted by atomic mass is 16.3. The van der Waals surface area contributed by atoms with E-state index in [1.165, 1.54) is 25.7 Å². The smallest absolute Gasteiger partial charge is 0.142 e. The lowest BCUT2D eigenvalue weighted by Crippen LogP contribution is -2.26. The van der Waals surface area contributed by atoms with Crippen molar-refractivity contribution in [2.45, 2.75) is 38.1 Å². The highest BCUT2D eigenvalue weighted by molar-refractivity contribution is 5.86. The summed E-state index contributed by atoms with van der Waals surface area (Å²) in [5, 5.41) is 13.9. The van der Waals surface area contributed by atoms with E-state index in [9.17, 15) is 5.11 Å². The Kier molecular flexibility index (Phi) is 3.64. The number of nitrogens with zero attached hydrogens (tertiary/aromatic N) is 2. The van der Waals surface area contributed by atoms with Gasteiger partial charge in [0.2, 0.25) is 0 Å². The molecule has 102 valence electrons. The number of anilines is 1. The van der Waals surface area contributed by atoms with Crippen LogP contribution in [0.1, 0.15) is 32.1 Å². The number of hydrogen-bond acceptors (Lipinski definition) is 4. The summed E-state index contributed by atoms with van der Waals surface area (Å²) in [7, 11) is 0. The quantitative estimate of drug-likeness (QED) is 0.771. The van der Waals surface area contributed by atoms with Gasteiger partial charge in [0, 0.05) is 6.20 Å².